The van der Waals surface area contributed by atoms with Gasteiger partial charge in [0.05, 0.1) is 0 Å². The highest BCUT2D eigenvalue weighted by atomic mass is 32.1. The first-order chi connectivity index (χ1) is 4.27. The van der Waals surface area contributed by atoms with Crippen LogP contribution >= 0.6 is 12.6 Å². The highest BCUT2D eigenvalue weighted by Crippen LogP contribution is 1.97. The van der Waals surface area contributed by atoms with Crippen LogP contribution in [0.25, 0.3) is 0 Å². The zero-order valence-corrected chi connectivity index (χ0v) is 6.49. The van der Waals surface area contributed by atoms with Crippen LogP contribution in [0.15, 0.2) is 0 Å². The van der Waals surface area contributed by atoms with E-state index >= 15 is 0 Å². The molecule has 0 spiro atoms. The van der Waals surface area contributed by atoms with E-state index in [-0.39, 0.29) is 5.12 Å². The number of hydrogen-bond acceptors (Lipinski definition) is 2. The first-order valence-corrected chi connectivity index (χ1v) is 3.43. The van der Waals surface area contributed by atoms with Crippen molar-refractivity contribution in [3.05, 3.63) is 0 Å². The van der Waals surface area contributed by atoms with Gasteiger partial charge >= 0.3 is 0 Å². The summed E-state index contributed by atoms with van der Waals surface area (Å²) >= 11 is 3.62. The Kier molecular flexibility index (Phi) is 6.09. The third-order valence-corrected chi connectivity index (χ3v) is 1.21. The minimum Gasteiger partial charge on any atom is -0.385 e. The highest BCUT2D eigenvalue weighted by Gasteiger charge is 1.92. The zero-order valence-electron chi connectivity index (χ0n) is 5.59. The van der Waals surface area contributed by atoms with E-state index in [4.69, 9.17) is 4.74 Å². The molecule has 0 rings (SSSR count). The van der Waals surface area contributed by atoms with Gasteiger partial charge in [-0.05, 0) is 12.8 Å². The maximum absolute atomic E-state index is 10.2. The van der Waals surface area contributed by atoms with Crippen molar-refractivity contribution in [2.75, 3.05) is 13.7 Å². The van der Waals surface area contributed by atoms with Crippen molar-refractivity contribution in [3.8, 4) is 0 Å². The SMILES string of the molecule is COCCCCC(=O)S. The van der Waals surface area contributed by atoms with E-state index in [0.717, 1.165) is 19.4 Å². The fourth-order valence-electron chi connectivity index (χ4n) is 0.523. The van der Waals surface area contributed by atoms with Crippen molar-refractivity contribution >= 4 is 17.7 Å². The van der Waals surface area contributed by atoms with Crippen LogP contribution in [-0.4, -0.2) is 18.8 Å². The topological polar surface area (TPSA) is 26.3 Å². The Morgan fingerprint density at radius 2 is 2.22 bits per heavy atom. The number of hydrogen-bond donors (Lipinski definition) is 1. The van der Waals surface area contributed by atoms with Gasteiger partial charge in [0.15, 0.2) is 5.12 Å². The molecule has 0 saturated carbocycles. The van der Waals surface area contributed by atoms with Crippen molar-refractivity contribution in [2.24, 2.45) is 0 Å². The molecule has 0 aliphatic rings. The predicted molar refractivity (Wildman–Crippen MR) is 39.7 cm³/mol. The normalized spacial score (nSPS) is 9.56. The van der Waals surface area contributed by atoms with Gasteiger partial charge < -0.3 is 4.74 Å². The lowest BCUT2D eigenvalue weighted by molar-refractivity contribution is -0.110. The van der Waals surface area contributed by atoms with Crippen LogP contribution in [-0.2, 0) is 9.53 Å². The first-order valence-electron chi connectivity index (χ1n) is 2.98. The molecule has 0 aromatic carbocycles. The van der Waals surface area contributed by atoms with Crippen molar-refractivity contribution < 1.29 is 9.53 Å². The Hall–Kier alpha value is -0.0200. The molecule has 0 aromatic heterocycles. The summed E-state index contributed by atoms with van der Waals surface area (Å²) in [6, 6.07) is 0. The van der Waals surface area contributed by atoms with Gasteiger partial charge in [-0.1, -0.05) is 0 Å². The minimum atomic E-state index is -0.0360. The largest absolute Gasteiger partial charge is 0.385 e. The van der Waals surface area contributed by atoms with Crippen LogP contribution in [0.1, 0.15) is 19.3 Å². The Balaban J connectivity index is 2.83. The monoisotopic (exact) mass is 148 g/mol. The van der Waals surface area contributed by atoms with Crippen LogP contribution in [0, 0.1) is 0 Å². The summed E-state index contributed by atoms with van der Waals surface area (Å²) in [6.07, 6.45) is 2.39. The summed E-state index contributed by atoms with van der Waals surface area (Å²) < 4.78 is 4.79. The maximum atomic E-state index is 10.2. The van der Waals surface area contributed by atoms with Gasteiger partial charge in [0, 0.05) is 20.1 Å². The van der Waals surface area contributed by atoms with Gasteiger partial charge in [-0.2, -0.15) is 0 Å². The van der Waals surface area contributed by atoms with Gasteiger partial charge in [0.1, 0.15) is 0 Å². The molecule has 9 heavy (non-hydrogen) atoms. The number of unbranched alkanes of at least 4 members (excludes halogenated alkanes) is 1. The smallest absolute Gasteiger partial charge is 0.185 e. The molecule has 0 radical (unpaired) electrons. The zero-order chi connectivity index (χ0) is 7.11. The van der Waals surface area contributed by atoms with Crippen LogP contribution in [0.3, 0.4) is 0 Å². The fraction of sp³-hybridized carbons (Fsp3) is 0.833. The lowest BCUT2D eigenvalue weighted by Gasteiger charge is -1.94. The second kappa shape index (κ2) is 6.11. The fourth-order valence-corrected chi connectivity index (χ4v) is 0.681. The molecule has 0 saturated heterocycles. The summed E-state index contributed by atoms with van der Waals surface area (Å²) in [6.45, 7) is 0.737. The molecule has 0 aliphatic carbocycles. The summed E-state index contributed by atoms with van der Waals surface area (Å²) in [7, 11) is 1.66. The van der Waals surface area contributed by atoms with E-state index in [1.54, 1.807) is 7.11 Å². The van der Waals surface area contributed by atoms with Crippen LogP contribution in [0.5, 0.6) is 0 Å². The average Bonchev–Trinajstić information content (AvgIpc) is 1.80. The molecule has 0 aromatic rings. The van der Waals surface area contributed by atoms with Gasteiger partial charge in [0.2, 0.25) is 0 Å². The Bertz CT molecular complexity index is 83.1. The van der Waals surface area contributed by atoms with Gasteiger partial charge in [-0.25, -0.2) is 0 Å². The van der Waals surface area contributed by atoms with E-state index < -0.39 is 0 Å². The van der Waals surface area contributed by atoms with E-state index in [1.807, 2.05) is 0 Å². The Labute approximate surface area is 61.0 Å². The molecule has 0 amide bonds. The Morgan fingerprint density at radius 1 is 1.56 bits per heavy atom. The predicted octanol–water partition coefficient (Wildman–Crippen LogP) is 1.26. The quantitative estimate of drug-likeness (QED) is 0.469. The summed E-state index contributed by atoms with van der Waals surface area (Å²) in [5, 5.41) is -0.0360. The highest BCUT2D eigenvalue weighted by molar-refractivity contribution is 7.96. The van der Waals surface area contributed by atoms with Crippen molar-refractivity contribution in [3.63, 3.8) is 0 Å². The second-order valence-corrected chi connectivity index (χ2v) is 2.34. The average molecular weight is 148 g/mol. The number of ether oxygens (including phenoxy) is 1. The third kappa shape index (κ3) is 7.98. The van der Waals surface area contributed by atoms with Gasteiger partial charge in [0.25, 0.3) is 0 Å². The van der Waals surface area contributed by atoms with E-state index in [1.165, 1.54) is 0 Å². The molecule has 3 heteroatoms. The molecule has 0 aliphatic heterocycles. The molecular weight excluding hydrogens is 136 g/mol. The summed E-state index contributed by atoms with van der Waals surface area (Å²) in [5.74, 6) is 0. The molecule has 0 atom stereocenters. The van der Waals surface area contributed by atoms with Crippen molar-refractivity contribution in [1.82, 2.24) is 0 Å². The number of carbonyl (C=O) groups excluding carboxylic acids is 1. The first kappa shape index (κ1) is 8.98. The molecule has 0 fully saturated rings. The molecule has 0 N–H and O–H groups in total. The minimum absolute atomic E-state index is 0.0360. The van der Waals surface area contributed by atoms with Crippen molar-refractivity contribution in [2.45, 2.75) is 19.3 Å². The number of thiol groups is 1. The second-order valence-electron chi connectivity index (χ2n) is 1.84. The summed E-state index contributed by atoms with van der Waals surface area (Å²) in [4.78, 5) is 10.2. The third-order valence-electron chi connectivity index (χ3n) is 0.989. The van der Waals surface area contributed by atoms with Crippen LogP contribution in [0.2, 0.25) is 0 Å². The standard InChI is InChI=1S/C6H12O2S/c1-8-5-3-2-4-6(7)9/h2-5H2,1H3,(H,7,9). The molecule has 0 heterocycles. The van der Waals surface area contributed by atoms with E-state index in [0.29, 0.717) is 6.42 Å². The molecule has 2 nitrogen and oxygen atoms in total. The van der Waals surface area contributed by atoms with E-state index in [2.05, 4.69) is 12.6 Å². The van der Waals surface area contributed by atoms with Crippen LogP contribution < -0.4 is 0 Å². The molecular formula is C6H12O2S. The molecule has 0 unspecified atom stereocenters. The molecule has 0 bridgehead atoms. The summed E-state index contributed by atoms with van der Waals surface area (Å²) in [5.41, 5.74) is 0. The maximum Gasteiger partial charge on any atom is 0.185 e. The lowest BCUT2D eigenvalue weighted by Crippen LogP contribution is -1.91. The number of carbonyl (C=O) groups is 1. The number of methoxy groups -OCH3 is 1. The Morgan fingerprint density at radius 3 is 2.67 bits per heavy atom. The number of rotatable bonds is 5. The lowest BCUT2D eigenvalue weighted by atomic mass is 10.3. The van der Waals surface area contributed by atoms with Gasteiger partial charge in [-0.15, -0.1) is 12.6 Å². The van der Waals surface area contributed by atoms with Crippen molar-refractivity contribution in [1.29, 1.82) is 0 Å². The van der Waals surface area contributed by atoms with E-state index in [9.17, 15) is 4.79 Å². The molecule has 54 valence electrons. The van der Waals surface area contributed by atoms with Gasteiger partial charge in [-0.3, -0.25) is 4.79 Å². The van der Waals surface area contributed by atoms with Crippen LogP contribution in [0.4, 0.5) is 0 Å².